The second kappa shape index (κ2) is 11.0. The average Bonchev–Trinajstić information content (AvgIpc) is 2.79. The maximum atomic E-state index is 11.0. The highest BCUT2D eigenvalue weighted by atomic mass is 16.7. The maximum Gasteiger partial charge on any atom is 0.186 e. The lowest BCUT2D eigenvalue weighted by molar-refractivity contribution is -0.311. The Morgan fingerprint density at radius 2 is 1.21 bits per heavy atom. The number of rotatable bonds is 6. The first-order valence-corrected chi connectivity index (χ1v) is 10.9. The van der Waals surface area contributed by atoms with Crippen LogP contribution in [0.5, 0.6) is 0 Å². The van der Waals surface area contributed by atoms with Gasteiger partial charge >= 0.3 is 0 Å². The van der Waals surface area contributed by atoms with Crippen LogP contribution in [0, 0.1) is 0 Å². The minimum Gasteiger partial charge on any atom is -0.394 e. The lowest BCUT2D eigenvalue weighted by Gasteiger charge is -2.48. The summed E-state index contributed by atoms with van der Waals surface area (Å²) in [7, 11) is 0. The van der Waals surface area contributed by atoms with E-state index < -0.39 is 98.2 Å². The highest BCUT2D eigenvalue weighted by molar-refractivity contribution is 5.02. The van der Waals surface area contributed by atoms with Crippen LogP contribution in [0.15, 0.2) is 0 Å². The third kappa shape index (κ3) is 5.32. The summed E-state index contributed by atoms with van der Waals surface area (Å²) in [5, 5.41) is 51.1. The molecule has 3 rings (SSSR count). The van der Waals surface area contributed by atoms with Crippen LogP contribution in [0.1, 0.15) is 6.42 Å². The SMILES string of the molecule is NC[C@H]1O[C@H](O[C@H]2[C@H](O)[C@@H](O[C@H]3O[C@H](CO)[C@H](N)[C@H](N)[C@H]3O)[C@H](N)C[C@@H]2N)[C@H](N)[C@@H](O)[C@@H]1O. The van der Waals surface area contributed by atoms with Crippen LogP contribution in [0.25, 0.3) is 0 Å². The van der Waals surface area contributed by atoms with Crippen molar-refractivity contribution in [3.63, 3.8) is 0 Å². The molecule has 2 aliphatic heterocycles. The summed E-state index contributed by atoms with van der Waals surface area (Å²) in [6.45, 7) is -0.559. The standard InChI is InChI=1S/C18H38N6O9/c19-2-6-11(26)12(27)10(24)17(30-6)32-15-4(20)1-5(21)16(14(15)29)33-18-13(28)9(23)8(22)7(3-25)31-18/h4-18,25-29H,1-3,19-24H2/t4-,5+,6+,7+,8-,9-,10+,11+,12+,13+,14-,15+,16-,17+,18+/m0/s1. The van der Waals surface area contributed by atoms with E-state index in [1.54, 1.807) is 0 Å². The molecule has 0 unspecified atom stereocenters. The molecule has 0 radical (unpaired) electrons. The number of hydrogen-bond donors (Lipinski definition) is 11. The van der Waals surface area contributed by atoms with Crippen molar-refractivity contribution < 1.29 is 44.5 Å². The van der Waals surface area contributed by atoms with Crippen LogP contribution in [-0.2, 0) is 18.9 Å². The monoisotopic (exact) mass is 482 g/mol. The van der Waals surface area contributed by atoms with Gasteiger partial charge in [0.1, 0.15) is 48.8 Å². The highest BCUT2D eigenvalue weighted by Gasteiger charge is 2.51. The van der Waals surface area contributed by atoms with Crippen LogP contribution in [0.4, 0.5) is 0 Å². The largest absolute Gasteiger partial charge is 0.394 e. The van der Waals surface area contributed by atoms with E-state index in [4.69, 9.17) is 53.3 Å². The van der Waals surface area contributed by atoms with Gasteiger partial charge in [0.2, 0.25) is 0 Å². The molecule has 15 nitrogen and oxygen atoms in total. The van der Waals surface area contributed by atoms with Crippen molar-refractivity contribution in [1.82, 2.24) is 0 Å². The van der Waals surface area contributed by atoms with Gasteiger partial charge < -0.3 is 78.9 Å². The number of nitrogens with two attached hydrogens (primary N) is 6. The summed E-state index contributed by atoms with van der Waals surface area (Å²) >= 11 is 0. The van der Waals surface area contributed by atoms with Crippen molar-refractivity contribution in [3.05, 3.63) is 0 Å². The van der Waals surface area contributed by atoms with Crippen molar-refractivity contribution in [2.24, 2.45) is 34.4 Å². The Kier molecular flexibility index (Phi) is 8.99. The second-order valence-electron chi connectivity index (χ2n) is 8.96. The third-order valence-corrected chi connectivity index (χ3v) is 6.66. The molecule has 3 aliphatic rings. The van der Waals surface area contributed by atoms with Gasteiger partial charge in [-0.15, -0.1) is 0 Å². The van der Waals surface area contributed by atoms with Gasteiger partial charge in [0, 0.05) is 18.6 Å². The van der Waals surface area contributed by atoms with E-state index in [-0.39, 0.29) is 13.0 Å². The summed E-state index contributed by atoms with van der Waals surface area (Å²) in [4.78, 5) is 0. The fourth-order valence-electron chi connectivity index (χ4n) is 4.50. The van der Waals surface area contributed by atoms with Gasteiger partial charge in [0.25, 0.3) is 0 Å². The van der Waals surface area contributed by atoms with Crippen LogP contribution in [0.3, 0.4) is 0 Å². The zero-order valence-electron chi connectivity index (χ0n) is 18.1. The molecule has 0 amide bonds. The Balaban J connectivity index is 1.72. The molecule has 1 aliphatic carbocycles. The van der Waals surface area contributed by atoms with Crippen molar-refractivity contribution in [1.29, 1.82) is 0 Å². The molecule has 2 heterocycles. The average molecular weight is 483 g/mol. The van der Waals surface area contributed by atoms with Gasteiger partial charge in [0.15, 0.2) is 12.6 Å². The summed E-state index contributed by atoms with van der Waals surface area (Å²) in [5.41, 5.74) is 35.6. The first-order valence-electron chi connectivity index (χ1n) is 10.9. The molecular formula is C18H38N6O9. The van der Waals surface area contributed by atoms with Crippen molar-refractivity contribution >= 4 is 0 Å². The molecule has 2 saturated heterocycles. The molecule has 0 bridgehead atoms. The minimum absolute atomic E-state index is 0.105. The van der Waals surface area contributed by atoms with Crippen molar-refractivity contribution in [2.45, 2.75) is 98.0 Å². The normalized spacial score (nSPS) is 53.7. The maximum absolute atomic E-state index is 11.0. The molecule has 0 spiro atoms. The van der Waals surface area contributed by atoms with Crippen LogP contribution in [0.2, 0.25) is 0 Å². The first kappa shape index (κ1) is 27.0. The molecule has 15 heteroatoms. The fraction of sp³-hybridized carbons (Fsp3) is 1.00. The van der Waals surface area contributed by atoms with Gasteiger partial charge in [-0.25, -0.2) is 0 Å². The molecule has 0 aromatic rings. The molecular weight excluding hydrogens is 444 g/mol. The molecule has 0 aromatic heterocycles. The number of aliphatic hydroxyl groups is 5. The van der Waals surface area contributed by atoms with Gasteiger partial charge in [-0.2, -0.15) is 0 Å². The highest BCUT2D eigenvalue weighted by Crippen LogP contribution is 2.30. The van der Waals surface area contributed by atoms with Gasteiger partial charge in [0.05, 0.1) is 24.7 Å². The summed E-state index contributed by atoms with van der Waals surface area (Å²) in [6, 6.07) is -4.46. The Labute approximate surface area is 190 Å². The Morgan fingerprint density at radius 1 is 0.667 bits per heavy atom. The van der Waals surface area contributed by atoms with Gasteiger partial charge in [-0.05, 0) is 6.42 Å². The molecule has 33 heavy (non-hydrogen) atoms. The van der Waals surface area contributed by atoms with E-state index in [1.165, 1.54) is 0 Å². The predicted octanol–water partition coefficient (Wildman–Crippen LogP) is -7.36. The van der Waals surface area contributed by atoms with Crippen molar-refractivity contribution in [3.8, 4) is 0 Å². The van der Waals surface area contributed by atoms with E-state index in [9.17, 15) is 25.5 Å². The molecule has 3 fully saturated rings. The summed E-state index contributed by atoms with van der Waals surface area (Å²) in [6.07, 6.45) is -11.9. The zero-order chi connectivity index (χ0) is 24.6. The first-order chi connectivity index (χ1) is 15.5. The minimum atomic E-state index is -1.42. The fourth-order valence-corrected chi connectivity index (χ4v) is 4.50. The van der Waals surface area contributed by atoms with E-state index in [0.29, 0.717) is 0 Å². The van der Waals surface area contributed by atoms with E-state index >= 15 is 0 Å². The van der Waals surface area contributed by atoms with Crippen molar-refractivity contribution in [2.75, 3.05) is 13.2 Å². The molecule has 0 aromatic carbocycles. The lowest BCUT2D eigenvalue weighted by atomic mass is 9.84. The van der Waals surface area contributed by atoms with E-state index in [2.05, 4.69) is 0 Å². The lowest BCUT2D eigenvalue weighted by Crippen LogP contribution is -2.70. The predicted molar refractivity (Wildman–Crippen MR) is 112 cm³/mol. The molecule has 15 atom stereocenters. The number of ether oxygens (including phenoxy) is 4. The van der Waals surface area contributed by atoms with Gasteiger partial charge in [-0.1, -0.05) is 0 Å². The quantitative estimate of drug-likeness (QED) is 0.167. The van der Waals surface area contributed by atoms with Crippen LogP contribution in [-0.4, -0.2) is 130 Å². The van der Waals surface area contributed by atoms with E-state index in [0.717, 1.165) is 0 Å². The van der Waals surface area contributed by atoms with Crippen LogP contribution < -0.4 is 34.4 Å². The number of hydrogen-bond acceptors (Lipinski definition) is 15. The summed E-state index contributed by atoms with van der Waals surface area (Å²) in [5.74, 6) is 0. The Morgan fingerprint density at radius 3 is 1.76 bits per heavy atom. The van der Waals surface area contributed by atoms with Gasteiger partial charge in [-0.3, -0.25) is 0 Å². The summed E-state index contributed by atoms with van der Waals surface area (Å²) < 4.78 is 22.7. The molecule has 1 saturated carbocycles. The molecule has 194 valence electrons. The number of aliphatic hydroxyl groups excluding tert-OH is 5. The second-order valence-corrected chi connectivity index (χ2v) is 8.96. The smallest absolute Gasteiger partial charge is 0.186 e. The zero-order valence-corrected chi connectivity index (χ0v) is 18.1. The third-order valence-electron chi connectivity index (χ3n) is 6.66. The van der Waals surface area contributed by atoms with E-state index in [1.807, 2.05) is 0 Å². The Bertz CT molecular complexity index is 586. The topological polar surface area (TPSA) is 294 Å². The Hall–Kier alpha value is -0.600. The molecule has 17 N–H and O–H groups in total. The van der Waals surface area contributed by atoms with Crippen LogP contribution >= 0.6 is 0 Å².